The molecule has 0 heterocycles. The second kappa shape index (κ2) is 4.69. The third-order valence-corrected chi connectivity index (χ3v) is 5.05. The molecule has 0 aliphatic heterocycles. The molecule has 1 aliphatic rings. The van der Waals surface area contributed by atoms with Crippen LogP contribution >= 0.6 is 23.4 Å². The first-order valence-corrected chi connectivity index (χ1v) is 6.71. The van der Waals surface area contributed by atoms with Crippen LogP contribution in [0.5, 0.6) is 0 Å². The Labute approximate surface area is 106 Å². The van der Waals surface area contributed by atoms with Crippen LogP contribution in [0.2, 0.25) is 5.02 Å². The van der Waals surface area contributed by atoms with Crippen molar-refractivity contribution in [1.82, 2.24) is 0 Å². The van der Waals surface area contributed by atoms with Gasteiger partial charge in [0.25, 0.3) is 0 Å². The fourth-order valence-corrected chi connectivity index (χ4v) is 3.85. The second-order valence-corrected chi connectivity index (χ2v) is 6.19. The van der Waals surface area contributed by atoms with Crippen molar-refractivity contribution in [2.45, 2.75) is 35.8 Å². The summed E-state index contributed by atoms with van der Waals surface area (Å²) in [6.45, 7) is 2.17. The van der Waals surface area contributed by atoms with E-state index in [1.54, 1.807) is 11.8 Å². The predicted molar refractivity (Wildman–Crippen MR) is 68.7 cm³/mol. The number of nitrogens with zero attached hydrogens (tertiary/aromatic N) is 1. The molecule has 1 aromatic carbocycles. The van der Waals surface area contributed by atoms with Gasteiger partial charge in [-0.2, -0.15) is 5.26 Å². The Hall–Kier alpha value is -0.650. The number of thioether (sulfide) groups is 1. The highest BCUT2D eigenvalue weighted by Gasteiger charge is 2.41. The molecule has 1 fully saturated rings. The zero-order valence-corrected chi connectivity index (χ0v) is 10.8. The molecule has 0 aromatic heterocycles. The van der Waals surface area contributed by atoms with Gasteiger partial charge in [-0.05, 0) is 37.0 Å². The van der Waals surface area contributed by atoms with Gasteiger partial charge in [0.2, 0.25) is 0 Å². The van der Waals surface area contributed by atoms with Gasteiger partial charge in [-0.15, -0.1) is 11.8 Å². The van der Waals surface area contributed by atoms with Crippen LogP contribution in [0.15, 0.2) is 29.2 Å². The molecular formula is C13H14ClNS. The Bertz CT molecular complexity index is 426. The molecule has 0 radical (unpaired) electrons. The number of halogens is 1. The van der Waals surface area contributed by atoms with Crippen molar-refractivity contribution in [3.63, 3.8) is 0 Å². The number of rotatable bonds is 2. The first-order valence-electron chi connectivity index (χ1n) is 5.52. The van der Waals surface area contributed by atoms with Crippen LogP contribution in [-0.4, -0.2) is 4.75 Å². The van der Waals surface area contributed by atoms with Gasteiger partial charge in [-0.25, -0.2) is 0 Å². The smallest absolute Gasteiger partial charge is 0.110 e. The third kappa shape index (κ3) is 2.21. The van der Waals surface area contributed by atoms with Crippen LogP contribution < -0.4 is 0 Å². The zero-order valence-electron chi connectivity index (χ0n) is 9.24. The maximum absolute atomic E-state index is 9.41. The highest BCUT2D eigenvalue weighted by molar-refractivity contribution is 8.01. The van der Waals surface area contributed by atoms with Gasteiger partial charge in [0.15, 0.2) is 0 Å². The molecular weight excluding hydrogens is 238 g/mol. The molecule has 1 aliphatic carbocycles. The van der Waals surface area contributed by atoms with Crippen molar-refractivity contribution in [2.24, 2.45) is 5.92 Å². The fraction of sp³-hybridized carbons (Fsp3) is 0.462. The Balaban J connectivity index is 2.23. The van der Waals surface area contributed by atoms with Crippen LogP contribution in [0.3, 0.4) is 0 Å². The summed E-state index contributed by atoms with van der Waals surface area (Å²) in [4.78, 5) is 1.10. The van der Waals surface area contributed by atoms with E-state index in [1.807, 2.05) is 24.3 Å². The van der Waals surface area contributed by atoms with E-state index in [2.05, 4.69) is 13.0 Å². The van der Waals surface area contributed by atoms with E-state index in [0.29, 0.717) is 5.92 Å². The first-order chi connectivity index (χ1) is 7.66. The summed E-state index contributed by atoms with van der Waals surface area (Å²) in [6, 6.07) is 10.3. The lowest BCUT2D eigenvalue weighted by atomic mass is 9.99. The molecule has 0 spiro atoms. The van der Waals surface area contributed by atoms with Gasteiger partial charge < -0.3 is 0 Å². The average Bonchev–Trinajstić information content (AvgIpc) is 2.61. The summed E-state index contributed by atoms with van der Waals surface area (Å²) in [6.07, 6.45) is 3.30. The van der Waals surface area contributed by atoms with E-state index in [9.17, 15) is 5.26 Å². The van der Waals surface area contributed by atoms with E-state index < -0.39 is 0 Å². The summed E-state index contributed by atoms with van der Waals surface area (Å²) in [5, 5.41) is 10.2. The largest absolute Gasteiger partial charge is 0.197 e. The van der Waals surface area contributed by atoms with Crippen molar-refractivity contribution >= 4 is 23.4 Å². The minimum atomic E-state index is -0.245. The fourth-order valence-electron chi connectivity index (χ4n) is 2.23. The maximum atomic E-state index is 9.41. The molecule has 0 saturated heterocycles. The average molecular weight is 252 g/mol. The Morgan fingerprint density at radius 3 is 2.94 bits per heavy atom. The van der Waals surface area contributed by atoms with Crippen molar-refractivity contribution < 1.29 is 0 Å². The Morgan fingerprint density at radius 1 is 1.56 bits per heavy atom. The first kappa shape index (κ1) is 11.8. The van der Waals surface area contributed by atoms with E-state index in [1.165, 1.54) is 0 Å². The molecule has 0 bridgehead atoms. The van der Waals surface area contributed by atoms with Crippen LogP contribution in [0.25, 0.3) is 0 Å². The van der Waals surface area contributed by atoms with Gasteiger partial charge in [0, 0.05) is 9.92 Å². The molecule has 1 aromatic rings. The van der Waals surface area contributed by atoms with Gasteiger partial charge >= 0.3 is 0 Å². The molecule has 84 valence electrons. The normalized spacial score (nSPS) is 28.9. The Morgan fingerprint density at radius 2 is 2.38 bits per heavy atom. The minimum Gasteiger partial charge on any atom is -0.197 e. The van der Waals surface area contributed by atoms with Crippen LogP contribution in [0.4, 0.5) is 0 Å². The molecule has 1 nitrogen and oxygen atoms in total. The topological polar surface area (TPSA) is 23.8 Å². The van der Waals surface area contributed by atoms with Gasteiger partial charge in [-0.1, -0.05) is 31.0 Å². The monoisotopic (exact) mass is 251 g/mol. The summed E-state index contributed by atoms with van der Waals surface area (Å²) in [5.74, 6) is 0.460. The number of benzene rings is 1. The summed E-state index contributed by atoms with van der Waals surface area (Å²) in [5.41, 5.74) is 0. The van der Waals surface area contributed by atoms with Crippen LogP contribution in [0, 0.1) is 17.2 Å². The van der Waals surface area contributed by atoms with E-state index in [-0.39, 0.29) is 4.75 Å². The SMILES string of the molecule is CC1CCCC1(C#N)Sc1cccc(Cl)c1. The minimum absolute atomic E-state index is 0.245. The molecule has 2 rings (SSSR count). The lowest BCUT2D eigenvalue weighted by Crippen LogP contribution is -2.25. The highest BCUT2D eigenvalue weighted by Crippen LogP contribution is 2.48. The van der Waals surface area contributed by atoms with Gasteiger partial charge in [-0.3, -0.25) is 0 Å². The van der Waals surface area contributed by atoms with E-state index in [4.69, 9.17) is 11.6 Å². The lowest BCUT2D eigenvalue weighted by Gasteiger charge is -2.25. The summed E-state index contributed by atoms with van der Waals surface area (Å²) in [7, 11) is 0. The van der Waals surface area contributed by atoms with E-state index >= 15 is 0 Å². The predicted octanol–water partition coefficient (Wildman–Crippen LogP) is 4.51. The number of hydrogen-bond acceptors (Lipinski definition) is 2. The molecule has 3 heteroatoms. The molecule has 2 unspecified atom stereocenters. The summed E-state index contributed by atoms with van der Waals surface area (Å²) >= 11 is 7.63. The van der Waals surface area contributed by atoms with Gasteiger partial charge in [0.05, 0.1) is 6.07 Å². The third-order valence-electron chi connectivity index (χ3n) is 3.27. The molecule has 0 N–H and O–H groups in total. The molecule has 16 heavy (non-hydrogen) atoms. The van der Waals surface area contributed by atoms with Gasteiger partial charge in [0.1, 0.15) is 4.75 Å². The highest BCUT2D eigenvalue weighted by atomic mass is 35.5. The zero-order chi connectivity index (χ0) is 11.6. The van der Waals surface area contributed by atoms with Crippen molar-refractivity contribution in [1.29, 1.82) is 5.26 Å². The molecule has 0 amide bonds. The maximum Gasteiger partial charge on any atom is 0.110 e. The van der Waals surface area contributed by atoms with Crippen LogP contribution in [0.1, 0.15) is 26.2 Å². The quantitative estimate of drug-likeness (QED) is 0.772. The van der Waals surface area contributed by atoms with E-state index in [0.717, 1.165) is 29.2 Å². The lowest BCUT2D eigenvalue weighted by molar-refractivity contribution is 0.554. The number of nitriles is 1. The van der Waals surface area contributed by atoms with Crippen LogP contribution in [-0.2, 0) is 0 Å². The second-order valence-electron chi connectivity index (χ2n) is 4.35. The standard InChI is InChI=1S/C13H14ClNS/c1-10-4-3-7-13(10,9-15)16-12-6-2-5-11(14)8-12/h2,5-6,8,10H,3-4,7H2,1H3. The molecule has 1 saturated carbocycles. The van der Waals surface area contributed by atoms with Crippen molar-refractivity contribution in [2.75, 3.05) is 0 Å². The van der Waals surface area contributed by atoms with Crippen molar-refractivity contribution in [3.8, 4) is 6.07 Å². The molecule has 2 atom stereocenters. The Kier molecular flexibility index (Phi) is 3.47. The van der Waals surface area contributed by atoms with Crippen molar-refractivity contribution in [3.05, 3.63) is 29.3 Å². The number of hydrogen-bond donors (Lipinski definition) is 0. The summed E-state index contributed by atoms with van der Waals surface area (Å²) < 4.78 is -0.245.